The van der Waals surface area contributed by atoms with Crippen LogP contribution >= 0.6 is 0 Å². The number of ketones is 1. The van der Waals surface area contributed by atoms with Crippen LogP contribution in [0.5, 0.6) is 0 Å². The maximum Gasteiger partial charge on any atom is 0.161 e. The van der Waals surface area contributed by atoms with E-state index in [0.29, 0.717) is 13.0 Å². The average Bonchev–Trinajstić information content (AvgIpc) is 2.52. The lowest BCUT2D eigenvalue weighted by molar-refractivity contribution is -0.117. The molecule has 0 spiro atoms. The van der Waals surface area contributed by atoms with Crippen LogP contribution in [0.1, 0.15) is 17.5 Å². The zero-order valence-corrected chi connectivity index (χ0v) is 12.3. The van der Waals surface area contributed by atoms with Gasteiger partial charge in [0.2, 0.25) is 0 Å². The second-order valence-corrected chi connectivity index (χ2v) is 5.59. The summed E-state index contributed by atoms with van der Waals surface area (Å²) >= 11 is 0. The van der Waals surface area contributed by atoms with Crippen LogP contribution in [-0.4, -0.2) is 23.8 Å². The molecule has 0 N–H and O–H groups in total. The first-order chi connectivity index (χ1) is 10.7. The van der Waals surface area contributed by atoms with Crippen LogP contribution in [0.4, 0.5) is 4.39 Å². The van der Waals surface area contributed by atoms with Crippen molar-refractivity contribution >= 4 is 11.9 Å². The van der Waals surface area contributed by atoms with E-state index in [1.54, 1.807) is 6.07 Å². The molecule has 1 heterocycles. The highest BCUT2D eigenvalue weighted by Crippen LogP contribution is 2.18. The number of halogens is 1. The van der Waals surface area contributed by atoms with Crippen LogP contribution in [0, 0.1) is 5.82 Å². The molecule has 0 aliphatic carbocycles. The Bertz CT molecular complexity index is 694. The van der Waals surface area contributed by atoms with Crippen LogP contribution in [-0.2, 0) is 11.3 Å². The molecule has 112 valence electrons. The van der Waals surface area contributed by atoms with E-state index >= 15 is 0 Å². The highest BCUT2D eigenvalue weighted by Gasteiger charge is 2.21. The molecule has 0 radical (unpaired) electrons. The van der Waals surface area contributed by atoms with Crippen molar-refractivity contribution in [1.29, 1.82) is 0 Å². The summed E-state index contributed by atoms with van der Waals surface area (Å²) < 4.78 is 13.3. The smallest absolute Gasteiger partial charge is 0.161 e. The number of benzene rings is 2. The molecule has 0 bridgehead atoms. The van der Waals surface area contributed by atoms with Gasteiger partial charge in [0.25, 0.3) is 0 Å². The van der Waals surface area contributed by atoms with Gasteiger partial charge in [-0.25, -0.2) is 4.39 Å². The van der Waals surface area contributed by atoms with Crippen molar-refractivity contribution in [2.45, 2.75) is 13.0 Å². The number of Topliss-reactive ketones (excluding diaryl/α,β-unsaturated/α-hetero) is 1. The Hall–Kier alpha value is -2.26. The molecule has 22 heavy (non-hydrogen) atoms. The molecule has 3 heteroatoms. The van der Waals surface area contributed by atoms with E-state index in [0.717, 1.165) is 24.2 Å². The minimum Gasteiger partial charge on any atom is -0.294 e. The number of carbonyl (C=O) groups is 1. The Morgan fingerprint density at radius 2 is 1.91 bits per heavy atom. The number of hydrogen-bond donors (Lipinski definition) is 0. The second-order valence-electron chi connectivity index (χ2n) is 5.59. The second kappa shape index (κ2) is 6.67. The fourth-order valence-corrected chi connectivity index (χ4v) is 2.73. The average molecular weight is 295 g/mol. The van der Waals surface area contributed by atoms with Crippen LogP contribution < -0.4 is 0 Å². The number of likely N-dealkylation sites (tertiary alicyclic amines) is 1. The molecule has 0 aromatic heterocycles. The van der Waals surface area contributed by atoms with E-state index in [9.17, 15) is 9.18 Å². The van der Waals surface area contributed by atoms with Crippen LogP contribution in [0.2, 0.25) is 0 Å². The van der Waals surface area contributed by atoms with Gasteiger partial charge in [-0.3, -0.25) is 9.69 Å². The highest BCUT2D eigenvalue weighted by molar-refractivity contribution is 6.00. The summed E-state index contributed by atoms with van der Waals surface area (Å²) in [5, 5.41) is 0. The molecule has 1 aliphatic rings. The first-order valence-corrected chi connectivity index (χ1v) is 7.46. The summed E-state index contributed by atoms with van der Waals surface area (Å²) in [6.07, 6.45) is 2.33. The van der Waals surface area contributed by atoms with Gasteiger partial charge in [0, 0.05) is 31.6 Å². The van der Waals surface area contributed by atoms with Gasteiger partial charge in [-0.2, -0.15) is 0 Å². The third-order valence-electron chi connectivity index (χ3n) is 3.85. The Morgan fingerprint density at radius 3 is 2.68 bits per heavy atom. The van der Waals surface area contributed by atoms with Crippen LogP contribution in [0.15, 0.2) is 60.2 Å². The van der Waals surface area contributed by atoms with Crippen molar-refractivity contribution in [3.8, 4) is 0 Å². The molecule has 1 fully saturated rings. The number of piperidine rings is 1. The van der Waals surface area contributed by atoms with E-state index in [-0.39, 0.29) is 11.6 Å². The minimum absolute atomic E-state index is 0.161. The summed E-state index contributed by atoms with van der Waals surface area (Å²) in [4.78, 5) is 14.3. The number of hydrogen-bond acceptors (Lipinski definition) is 2. The lowest BCUT2D eigenvalue weighted by Gasteiger charge is -2.27. The Morgan fingerprint density at radius 1 is 1.09 bits per heavy atom. The molecule has 1 saturated heterocycles. The molecule has 1 aliphatic heterocycles. The number of carbonyl (C=O) groups excluding carboxylic acids is 1. The highest BCUT2D eigenvalue weighted by atomic mass is 19.1. The molecule has 0 unspecified atom stereocenters. The monoisotopic (exact) mass is 295 g/mol. The van der Waals surface area contributed by atoms with E-state index < -0.39 is 0 Å². The van der Waals surface area contributed by atoms with Crippen molar-refractivity contribution in [3.05, 3.63) is 77.1 Å². The summed E-state index contributed by atoms with van der Waals surface area (Å²) in [5.74, 6) is -0.118. The van der Waals surface area contributed by atoms with Gasteiger partial charge in [0.1, 0.15) is 5.82 Å². The van der Waals surface area contributed by atoms with E-state index in [4.69, 9.17) is 0 Å². The van der Waals surface area contributed by atoms with Gasteiger partial charge in [-0.1, -0.05) is 42.5 Å². The fourth-order valence-electron chi connectivity index (χ4n) is 2.73. The number of rotatable bonds is 3. The molecule has 0 amide bonds. The van der Waals surface area contributed by atoms with Crippen LogP contribution in [0.25, 0.3) is 6.08 Å². The van der Waals surface area contributed by atoms with Crippen molar-refractivity contribution in [2.75, 3.05) is 13.1 Å². The van der Waals surface area contributed by atoms with Gasteiger partial charge in [0.15, 0.2) is 5.78 Å². The normalized spacial score (nSPS) is 17.9. The maximum absolute atomic E-state index is 13.3. The molecule has 2 aromatic carbocycles. The molecular weight excluding hydrogens is 277 g/mol. The van der Waals surface area contributed by atoms with Crippen molar-refractivity contribution in [2.24, 2.45) is 0 Å². The zero-order chi connectivity index (χ0) is 15.4. The quantitative estimate of drug-likeness (QED) is 0.805. The first kappa shape index (κ1) is 14.7. The van der Waals surface area contributed by atoms with Gasteiger partial charge in [-0.15, -0.1) is 0 Å². The lowest BCUT2D eigenvalue weighted by atomic mass is 10.00. The predicted octanol–water partition coefficient (Wildman–Crippen LogP) is 3.68. The minimum atomic E-state index is -0.279. The summed E-state index contributed by atoms with van der Waals surface area (Å²) in [5.41, 5.74) is 2.74. The molecule has 0 atom stereocenters. The van der Waals surface area contributed by atoms with E-state index in [1.807, 2.05) is 30.3 Å². The Kier molecular flexibility index (Phi) is 4.45. The van der Waals surface area contributed by atoms with E-state index in [1.165, 1.54) is 17.7 Å². The summed E-state index contributed by atoms with van der Waals surface area (Å²) in [7, 11) is 0. The van der Waals surface area contributed by atoms with Crippen molar-refractivity contribution in [1.82, 2.24) is 4.90 Å². The zero-order valence-electron chi connectivity index (χ0n) is 12.3. The van der Waals surface area contributed by atoms with Crippen molar-refractivity contribution < 1.29 is 9.18 Å². The molecule has 3 rings (SSSR count). The SMILES string of the molecule is O=C1CCN(Cc2ccccc2)C/C1=C\c1cccc(F)c1. The van der Waals surface area contributed by atoms with E-state index in [2.05, 4.69) is 17.0 Å². The third-order valence-corrected chi connectivity index (χ3v) is 3.85. The number of nitrogens with zero attached hydrogens (tertiary/aromatic N) is 1. The van der Waals surface area contributed by atoms with Gasteiger partial charge < -0.3 is 0 Å². The van der Waals surface area contributed by atoms with Gasteiger partial charge >= 0.3 is 0 Å². The first-order valence-electron chi connectivity index (χ1n) is 7.46. The molecule has 2 aromatic rings. The van der Waals surface area contributed by atoms with Gasteiger partial charge in [-0.05, 0) is 29.3 Å². The summed E-state index contributed by atoms with van der Waals surface area (Å²) in [6, 6.07) is 16.6. The standard InChI is InChI=1S/C19H18FNO/c20-18-8-4-7-16(12-18)11-17-14-21(10-9-19(17)22)13-15-5-2-1-3-6-15/h1-8,11-12H,9-10,13-14H2/b17-11+. The van der Waals surface area contributed by atoms with Gasteiger partial charge in [0.05, 0.1) is 0 Å². The Balaban J connectivity index is 1.75. The largest absolute Gasteiger partial charge is 0.294 e. The predicted molar refractivity (Wildman–Crippen MR) is 85.7 cm³/mol. The lowest BCUT2D eigenvalue weighted by Crippen LogP contribution is -2.35. The molecule has 2 nitrogen and oxygen atoms in total. The van der Waals surface area contributed by atoms with Crippen molar-refractivity contribution in [3.63, 3.8) is 0 Å². The maximum atomic E-state index is 13.3. The fraction of sp³-hybridized carbons (Fsp3) is 0.211. The molecule has 0 saturated carbocycles. The molecular formula is C19H18FNO. The summed E-state index contributed by atoms with van der Waals surface area (Å²) in [6.45, 7) is 2.22. The van der Waals surface area contributed by atoms with Crippen LogP contribution in [0.3, 0.4) is 0 Å². The topological polar surface area (TPSA) is 20.3 Å². The Labute approximate surface area is 129 Å². The third kappa shape index (κ3) is 3.68.